The van der Waals surface area contributed by atoms with Crippen molar-refractivity contribution in [3.05, 3.63) is 40.6 Å². The topological polar surface area (TPSA) is 55.7 Å². The molecule has 5 heteroatoms. The maximum atomic E-state index is 12.6. The lowest BCUT2D eigenvalue weighted by atomic mass is 10.0. The highest BCUT2D eigenvalue weighted by Gasteiger charge is 2.25. The monoisotopic (exact) mass is 287 g/mol. The molecule has 0 amide bonds. The van der Waals surface area contributed by atoms with Gasteiger partial charge in [0.2, 0.25) is 0 Å². The molecule has 21 heavy (non-hydrogen) atoms. The number of carbonyl (C=O) groups is 1. The Labute approximate surface area is 125 Å². The molecule has 112 valence electrons. The minimum Gasteiger partial charge on any atom is -0.600 e. The van der Waals surface area contributed by atoms with Crippen LogP contribution in [0.4, 0.5) is 5.69 Å². The number of hydroxylamine groups is 1. The lowest BCUT2D eigenvalue weighted by Gasteiger charge is -2.31. The van der Waals surface area contributed by atoms with Gasteiger partial charge in [0.05, 0.1) is 7.05 Å². The highest BCUT2D eigenvalue weighted by Crippen LogP contribution is 2.31. The Morgan fingerprint density at radius 1 is 1.33 bits per heavy atom. The average molecular weight is 287 g/mol. The third-order valence-electron chi connectivity index (χ3n) is 3.50. The van der Waals surface area contributed by atoms with Gasteiger partial charge in [0, 0.05) is 30.2 Å². The molecule has 1 aromatic rings. The van der Waals surface area contributed by atoms with E-state index in [-0.39, 0.29) is 5.78 Å². The van der Waals surface area contributed by atoms with E-state index in [1.54, 1.807) is 19.1 Å². The fourth-order valence-electron chi connectivity index (χ4n) is 2.38. The molecule has 0 saturated heterocycles. The highest BCUT2D eigenvalue weighted by atomic mass is 16.6. The molecule has 0 spiro atoms. The number of hydrogen-bond acceptors (Lipinski definition) is 4. The molecule has 0 N–H and O–H groups in total. The van der Waals surface area contributed by atoms with Crippen molar-refractivity contribution in [2.24, 2.45) is 5.10 Å². The van der Waals surface area contributed by atoms with Crippen molar-refractivity contribution >= 4 is 23.3 Å². The van der Waals surface area contributed by atoms with Gasteiger partial charge in [-0.05, 0) is 33.2 Å². The summed E-state index contributed by atoms with van der Waals surface area (Å²) < 4.78 is -0.844. The first-order chi connectivity index (χ1) is 9.81. The van der Waals surface area contributed by atoms with Crippen LogP contribution >= 0.6 is 0 Å². The van der Waals surface area contributed by atoms with Gasteiger partial charge < -0.3 is 10.1 Å². The molecule has 0 radical (unpaired) electrons. The van der Waals surface area contributed by atoms with Crippen LogP contribution in [0.5, 0.6) is 0 Å². The Bertz CT molecular complexity index is 616. The lowest BCUT2D eigenvalue weighted by Crippen LogP contribution is -2.33. The van der Waals surface area contributed by atoms with Crippen LogP contribution < -0.4 is 4.76 Å². The minimum atomic E-state index is -0.844. The number of nitrogens with zero attached hydrogens (tertiary/aromatic N) is 3. The van der Waals surface area contributed by atoms with Crippen LogP contribution in [0.1, 0.15) is 18.9 Å². The average Bonchev–Trinajstić information content (AvgIpc) is 2.51. The Balaban J connectivity index is 2.43. The quantitative estimate of drug-likeness (QED) is 0.631. The second kappa shape index (κ2) is 5.89. The minimum absolute atomic E-state index is 0.0154. The Hall–Kier alpha value is -1.82. The maximum Gasteiger partial charge on any atom is 0.166 e. The molecule has 0 aliphatic carbocycles. The molecule has 5 nitrogen and oxygen atoms in total. The third kappa shape index (κ3) is 3.44. The zero-order chi connectivity index (χ0) is 15.6. The van der Waals surface area contributed by atoms with Crippen molar-refractivity contribution in [3.63, 3.8) is 0 Å². The molecule has 2 rings (SSSR count). The van der Waals surface area contributed by atoms with Crippen LogP contribution in [-0.4, -0.2) is 44.1 Å². The van der Waals surface area contributed by atoms with E-state index in [0.29, 0.717) is 29.9 Å². The van der Waals surface area contributed by atoms with E-state index in [0.717, 1.165) is 5.56 Å². The van der Waals surface area contributed by atoms with Gasteiger partial charge in [-0.15, -0.1) is 0 Å². The fraction of sp³-hybridized carbons (Fsp3) is 0.375. The van der Waals surface area contributed by atoms with Gasteiger partial charge in [-0.3, -0.25) is 4.79 Å². The van der Waals surface area contributed by atoms with Crippen LogP contribution in [0.25, 0.3) is 6.08 Å². The summed E-state index contributed by atoms with van der Waals surface area (Å²) in [5.41, 5.74) is 2.32. The standard InChI is InChI=1S/C16H21N3O2/c1-12-14(16(20)9-10-18(2)3)11-13-7-5-6-8-15(13)19(4,21)17-12/h5-8,11H,9-10H2,1-4H3. The SMILES string of the molecule is CC1=N[N+](C)([O-])c2ccccc2C=C1C(=O)CCN(C)C. The summed E-state index contributed by atoms with van der Waals surface area (Å²) in [6.07, 6.45) is 2.20. The summed E-state index contributed by atoms with van der Waals surface area (Å²) in [6, 6.07) is 7.27. The Kier molecular flexibility index (Phi) is 4.37. The normalized spacial score (nSPS) is 21.4. The van der Waals surface area contributed by atoms with Gasteiger partial charge in [-0.2, -0.15) is 0 Å². The zero-order valence-corrected chi connectivity index (χ0v) is 13.0. The first-order valence-electron chi connectivity index (χ1n) is 6.95. The summed E-state index contributed by atoms with van der Waals surface area (Å²) in [7, 11) is 5.33. The largest absolute Gasteiger partial charge is 0.600 e. The Morgan fingerprint density at radius 2 is 2.00 bits per heavy atom. The molecule has 1 heterocycles. The molecular weight excluding hydrogens is 266 g/mol. The van der Waals surface area contributed by atoms with E-state index in [2.05, 4.69) is 5.10 Å². The van der Waals surface area contributed by atoms with E-state index in [4.69, 9.17) is 0 Å². The summed E-state index contributed by atoms with van der Waals surface area (Å²) in [6.45, 7) is 2.40. The number of fused-ring (bicyclic) bond motifs is 1. The smallest absolute Gasteiger partial charge is 0.166 e. The first kappa shape index (κ1) is 15.6. The van der Waals surface area contributed by atoms with E-state index >= 15 is 0 Å². The lowest BCUT2D eigenvalue weighted by molar-refractivity contribution is -0.115. The number of rotatable bonds is 4. The molecule has 0 aromatic heterocycles. The van der Waals surface area contributed by atoms with Crippen molar-refractivity contribution in [3.8, 4) is 0 Å². The van der Waals surface area contributed by atoms with Crippen LogP contribution in [0, 0.1) is 5.21 Å². The van der Waals surface area contributed by atoms with Gasteiger partial charge in [-0.1, -0.05) is 17.2 Å². The first-order valence-corrected chi connectivity index (χ1v) is 6.95. The van der Waals surface area contributed by atoms with E-state index in [9.17, 15) is 10.0 Å². The zero-order valence-electron chi connectivity index (χ0n) is 13.0. The van der Waals surface area contributed by atoms with Crippen LogP contribution in [-0.2, 0) is 4.79 Å². The van der Waals surface area contributed by atoms with E-state index in [1.165, 1.54) is 7.05 Å². The highest BCUT2D eigenvalue weighted by molar-refractivity contribution is 6.25. The summed E-state index contributed by atoms with van der Waals surface area (Å²) in [5.74, 6) is 0.0154. The summed E-state index contributed by atoms with van der Waals surface area (Å²) in [5, 5.41) is 16.8. The van der Waals surface area contributed by atoms with E-state index < -0.39 is 4.76 Å². The number of para-hydroxylation sites is 1. The van der Waals surface area contributed by atoms with Crippen molar-refractivity contribution < 1.29 is 4.79 Å². The van der Waals surface area contributed by atoms with Crippen molar-refractivity contribution in [1.82, 2.24) is 9.66 Å². The number of Topliss-reactive ketones (excluding diaryl/α,β-unsaturated/α-hetero) is 1. The molecule has 1 aliphatic rings. The molecule has 1 atom stereocenters. The predicted molar refractivity (Wildman–Crippen MR) is 86.8 cm³/mol. The maximum absolute atomic E-state index is 12.6. The van der Waals surface area contributed by atoms with Crippen LogP contribution in [0.15, 0.2) is 34.9 Å². The number of carbonyl (C=O) groups excluding carboxylic acids is 1. The van der Waals surface area contributed by atoms with E-state index in [1.807, 2.05) is 37.2 Å². The molecule has 0 saturated carbocycles. The van der Waals surface area contributed by atoms with Crippen LogP contribution in [0.3, 0.4) is 0 Å². The fourth-order valence-corrected chi connectivity index (χ4v) is 2.38. The van der Waals surface area contributed by atoms with Gasteiger partial charge in [0.25, 0.3) is 0 Å². The molecule has 1 unspecified atom stereocenters. The molecule has 0 fully saturated rings. The molecular formula is C16H21N3O2. The molecule has 0 bridgehead atoms. The van der Waals surface area contributed by atoms with Crippen molar-refractivity contribution in [2.75, 3.05) is 27.7 Å². The number of hydrogen-bond donors (Lipinski definition) is 0. The number of allylic oxidation sites excluding steroid dienone is 1. The molecule has 1 aromatic carbocycles. The van der Waals surface area contributed by atoms with Crippen molar-refractivity contribution in [2.45, 2.75) is 13.3 Å². The second-order valence-corrected chi connectivity index (χ2v) is 5.66. The Morgan fingerprint density at radius 3 is 2.67 bits per heavy atom. The van der Waals surface area contributed by atoms with Gasteiger partial charge in [-0.25, -0.2) is 4.76 Å². The van der Waals surface area contributed by atoms with Gasteiger partial charge in [0.1, 0.15) is 5.71 Å². The van der Waals surface area contributed by atoms with Gasteiger partial charge in [0.15, 0.2) is 11.5 Å². The number of benzene rings is 1. The van der Waals surface area contributed by atoms with Gasteiger partial charge >= 0.3 is 0 Å². The summed E-state index contributed by atoms with van der Waals surface area (Å²) >= 11 is 0. The van der Waals surface area contributed by atoms with Crippen LogP contribution in [0.2, 0.25) is 0 Å². The third-order valence-corrected chi connectivity index (χ3v) is 3.50. The molecule has 1 aliphatic heterocycles. The number of quaternary nitrogens is 1. The number of ketones is 1. The predicted octanol–water partition coefficient (Wildman–Crippen LogP) is 2.42. The van der Waals surface area contributed by atoms with Crippen molar-refractivity contribution in [1.29, 1.82) is 0 Å². The second-order valence-electron chi connectivity index (χ2n) is 5.66. The summed E-state index contributed by atoms with van der Waals surface area (Å²) in [4.78, 5) is 14.4.